The molecule has 82 valence electrons. The van der Waals surface area contributed by atoms with Gasteiger partial charge in [0.25, 0.3) is 0 Å². The van der Waals surface area contributed by atoms with Crippen LogP contribution in [0.4, 0.5) is 0 Å². The maximum atomic E-state index is 10.6. The van der Waals surface area contributed by atoms with Crippen LogP contribution in [-0.4, -0.2) is 29.2 Å². The van der Waals surface area contributed by atoms with Gasteiger partial charge in [0.2, 0.25) is 0 Å². The summed E-state index contributed by atoms with van der Waals surface area (Å²) in [5.41, 5.74) is 5.91. The van der Waals surface area contributed by atoms with E-state index in [1.54, 1.807) is 6.07 Å². The summed E-state index contributed by atoms with van der Waals surface area (Å²) in [6.45, 7) is 0. The van der Waals surface area contributed by atoms with Crippen molar-refractivity contribution in [3.63, 3.8) is 0 Å². The standard InChI is InChI=1S/C9H11ClN2O3/c1-15-7-2-3-12-8(10)5(7)4-6(11)9(13)14/h2-3,6H,4,11H2,1H3,(H,13,14). The highest BCUT2D eigenvalue weighted by molar-refractivity contribution is 6.30. The first kappa shape index (κ1) is 11.7. The molecule has 0 fully saturated rings. The van der Waals surface area contributed by atoms with E-state index in [1.807, 2.05) is 0 Å². The predicted octanol–water partition coefficient (Wildman–Crippen LogP) is 0.698. The van der Waals surface area contributed by atoms with E-state index in [1.165, 1.54) is 13.3 Å². The van der Waals surface area contributed by atoms with E-state index in [9.17, 15) is 4.79 Å². The molecule has 5 nitrogen and oxygen atoms in total. The number of methoxy groups -OCH3 is 1. The molecule has 0 radical (unpaired) electrons. The summed E-state index contributed by atoms with van der Waals surface area (Å²) < 4.78 is 5.03. The number of ether oxygens (including phenoxy) is 1. The van der Waals surface area contributed by atoms with E-state index in [4.69, 9.17) is 27.2 Å². The summed E-state index contributed by atoms with van der Waals surface area (Å²) in [4.78, 5) is 14.4. The average molecular weight is 231 g/mol. The van der Waals surface area contributed by atoms with Crippen LogP contribution in [0.1, 0.15) is 5.56 Å². The van der Waals surface area contributed by atoms with E-state index in [0.29, 0.717) is 11.3 Å². The molecule has 3 N–H and O–H groups in total. The Kier molecular flexibility index (Phi) is 3.88. The zero-order valence-electron chi connectivity index (χ0n) is 8.11. The minimum Gasteiger partial charge on any atom is -0.496 e. The summed E-state index contributed by atoms with van der Waals surface area (Å²) >= 11 is 5.82. The second-order valence-corrected chi connectivity index (χ2v) is 3.29. The lowest BCUT2D eigenvalue weighted by Gasteiger charge is -2.11. The number of aliphatic carboxylic acids is 1. The Balaban J connectivity index is 2.97. The van der Waals surface area contributed by atoms with Crippen molar-refractivity contribution >= 4 is 17.6 Å². The van der Waals surface area contributed by atoms with Crippen LogP contribution < -0.4 is 10.5 Å². The summed E-state index contributed by atoms with van der Waals surface area (Å²) in [5, 5.41) is 8.88. The fourth-order valence-corrected chi connectivity index (χ4v) is 1.36. The molecule has 1 aromatic heterocycles. The Morgan fingerprint density at radius 3 is 3.00 bits per heavy atom. The van der Waals surface area contributed by atoms with Gasteiger partial charge in [0.1, 0.15) is 16.9 Å². The number of carbonyl (C=O) groups is 1. The largest absolute Gasteiger partial charge is 0.496 e. The maximum Gasteiger partial charge on any atom is 0.320 e. The van der Waals surface area contributed by atoms with Gasteiger partial charge in [-0.2, -0.15) is 0 Å². The molecule has 0 spiro atoms. The normalized spacial score (nSPS) is 12.2. The van der Waals surface area contributed by atoms with Crippen molar-refractivity contribution in [3.8, 4) is 5.75 Å². The summed E-state index contributed by atoms with van der Waals surface area (Å²) in [6, 6.07) is 0.594. The molecule has 0 aliphatic heterocycles. The van der Waals surface area contributed by atoms with Crippen LogP contribution in [0.3, 0.4) is 0 Å². The van der Waals surface area contributed by atoms with Gasteiger partial charge in [-0.25, -0.2) is 4.98 Å². The number of rotatable bonds is 4. The first-order valence-electron chi connectivity index (χ1n) is 4.22. The first-order valence-corrected chi connectivity index (χ1v) is 4.59. The molecule has 0 aromatic carbocycles. The van der Waals surface area contributed by atoms with Crippen molar-refractivity contribution in [3.05, 3.63) is 23.0 Å². The van der Waals surface area contributed by atoms with Crippen LogP contribution in [0, 0.1) is 0 Å². The summed E-state index contributed by atoms with van der Waals surface area (Å²) in [7, 11) is 1.47. The monoisotopic (exact) mass is 230 g/mol. The van der Waals surface area contributed by atoms with E-state index >= 15 is 0 Å². The minimum atomic E-state index is -1.09. The van der Waals surface area contributed by atoms with Gasteiger partial charge in [0, 0.05) is 18.2 Å². The van der Waals surface area contributed by atoms with E-state index < -0.39 is 12.0 Å². The van der Waals surface area contributed by atoms with Gasteiger partial charge in [-0.1, -0.05) is 11.6 Å². The predicted molar refractivity (Wildman–Crippen MR) is 55.1 cm³/mol. The van der Waals surface area contributed by atoms with Gasteiger partial charge < -0.3 is 15.6 Å². The van der Waals surface area contributed by atoms with Gasteiger partial charge >= 0.3 is 5.97 Å². The number of pyridine rings is 1. The molecular formula is C9H11ClN2O3. The molecule has 0 saturated heterocycles. The molecule has 0 saturated carbocycles. The smallest absolute Gasteiger partial charge is 0.320 e. The average Bonchev–Trinajstić information content (AvgIpc) is 2.20. The quantitative estimate of drug-likeness (QED) is 0.744. The summed E-state index contributed by atoms with van der Waals surface area (Å²) in [6.07, 6.45) is 1.57. The third-order valence-corrected chi connectivity index (χ3v) is 2.25. The molecular weight excluding hydrogens is 220 g/mol. The molecule has 1 unspecified atom stereocenters. The van der Waals surface area contributed by atoms with Crippen molar-refractivity contribution in [1.29, 1.82) is 0 Å². The Labute approximate surface area is 91.8 Å². The number of nitrogens with two attached hydrogens (primary N) is 1. The van der Waals surface area contributed by atoms with Crippen LogP contribution in [0.2, 0.25) is 5.15 Å². The van der Waals surface area contributed by atoms with Crippen LogP contribution in [0.15, 0.2) is 12.3 Å². The lowest BCUT2D eigenvalue weighted by molar-refractivity contribution is -0.138. The molecule has 15 heavy (non-hydrogen) atoms. The van der Waals surface area contributed by atoms with Crippen molar-refractivity contribution in [2.75, 3.05) is 7.11 Å². The minimum absolute atomic E-state index is 0.0885. The van der Waals surface area contributed by atoms with Gasteiger partial charge in [0.15, 0.2) is 0 Å². The van der Waals surface area contributed by atoms with Crippen molar-refractivity contribution in [2.45, 2.75) is 12.5 Å². The number of nitrogens with zero attached hydrogens (tertiary/aromatic N) is 1. The van der Waals surface area contributed by atoms with Crippen molar-refractivity contribution in [2.24, 2.45) is 5.73 Å². The van der Waals surface area contributed by atoms with Gasteiger partial charge in [-0.05, 0) is 6.07 Å². The van der Waals surface area contributed by atoms with Gasteiger partial charge in [0.05, 0.1) is 7.11 Å². The number of aromatic nitrogens is 1. The first-order chi connectivity index (χ1) is 7.06. The highest BCUT2D eigenvalue weighted by Crippen LogP contribution is 2.24. The number of carboxylic acid groups (broad SMARTS) is 1. The van der Waals surface area contributed by atoms with Gasteiger partial charge in [-0.15, -0.1) is 0 Å². The van der Waals surface area contributed by atoms with Crippen LogP contribution in [0.5, 0.6) is 5.75 Å². The maximum absolute atomic E-state index is 10.6. The van der Waals surface area contributed by atoms with Crippen molar-refractivity contribution in [1.82, 2.24) is 4.98 Å². The fourth-order valence-electron chi connectivity index (χ4n) is 1.13. The third-order valence-electron chi connectivity index (χ3n) is 1.92. The van der Waals surface area contributed by atoms with Crippen LogP contribution >= 0.6 is 11.6 Å². The molecule has 0 aliphatic carbocycles. The Hall–Kier alpha value is -1.33. The molecule has 1 aromatic rings. The number of hydrogen-bond acceptors (Lipinski definition) is 4. The highest BCUT2D eigenvalue weighted by Gasteiger charge is 2.17. The topological polar surface area (TPSA) is 85.4 Å². The lowest BCUT2D eigenvalue weighted by atomic mass is 10.1. The van der Waals surface area contributed by atoms with Crippen LogP contribution in [0.25, 0.3) is 0 Å². The van der Waals surface area contributed by atoms with E-state index in [-0.39, 0.29) is 11.6 Å². The SMILES string of the molecule is COc1ccnc(Cl)c1CC(N)C(=O)O. The molecule has 1 heterocycles. The zero-order valence-corrected chi connectivity index (χ0v) is 8.86. The van der Waals surface area contributed by atoms with Crippen molar-refractivity contribution < 1.29 is 14.6 Å². The Morgan fingerprint density at radius 2 is 2.47 bits per heavy atom. The Bertz CT molecular complexity index is 370. The Morgan fingerprint density at radius 1 is 1.80 bits per heavy atom. The lowest BCUT2D eigenvalue weighted by Crippen LogP contribution is -2.32. The zero-order chi connectivity index (χ0) is 11.4. The van der Waals surface area contributed by atoms with Gasteiger partial charge in [-0.3, -0.25) is 4.79 Å². The number of hydrogen-bond donors (Lipinski definition) is 2. The van der Waals surface area contributed by atoms with Crippen LogP contribution in [-0.2, 0) is 11.2 Å². The fraction of sp³-hybridized carbons (Fsp3) is 0.333. The highest BCUT2D eigenvalue weighted by atomic mass is 35.5. The second-order valence-electron chi connectivity index (χ2n) is 2.93. The molecule has 1 atom stereocenters. The molecule has 0 amide bonds. The molecule has 6 heteroatoms. The van der Waals surface area contributed by atoms with E-state index in [0.717, 1.165) is 0 Å². The molecule has 1 rings (SSSR count). The molecule has 0 bridgehead atoms. The van der Waals surface area contributed by atoms with E-state index in [2.05, 4.69) is 4.98 Å². The third kappa shape index (κ3) is 2.81. The summed E-state index contributed by atoms with van der Waals surface area (Å²) in [5.74, 6) is -0.594. The number of halogens is 1. The molecule has 0 aliphatic rings. The number of carboxylic acids is 1. The second kappa shape index (κ2) is 4.95.